The average molecular weight is 370 g/mol. The second-order valence-corrected chi connectivity index (χ2v) is 7.25. The molecule has 0 bridgehead atoms. The summed E-state index contributed by atoms with van der Waals surface area (Å²) in [7, 11) is 3.97. The number of aromatic amines is 1. The maximum atomic E-state index is 12.7. The second-order valence-electron chi connectivity index (χ2n) is 6.85. The maximum Gasteiger partial charge on any atom is 0.251 e. The first-order chi connectivity index (χ1) is 12.4. The predicted molar refractivity (Wildman–Crippen MR) is 108 cm³/mol. The SMILES string of the molecule is Cc1[nH]c2ccc(C(=O)NCC(c3ccccc3Cl)N(C)C)cc2c1C. The molecule has 26 heavy (non-hydrogen) atoms. The summed E-state index contributed by atoms with van der Waals surface area (Å²) in [6.45, 7) is 4.59. The van der Waals surface area contributed by atoms with Gasteiger partial charge in [-0.3, -0.25) is 4.79 Å². The minimum absolute atomic E-state index is 0.00706. The zero-order valence-electron chi connectivity index (χ0n) is 15.6. The fraction of sp³-hybridized carbons (Fsp3) is 0.286. The number of benzene rings is 2. The van der Waals surface area contributed by atoms with E-state index in [0.717, 1.165) is 22.2 Å². The summed E-state index contributed by atoms with van der Waals surface area (Å²) in [6, 6.07) is 13.5. The van der Waals surface area contributed by atoms with E-state index in [1.807, 2.05) is 63.5 Å². The summed E-state index contributed by atoms with van der Waals surface area (Å²) in [5, 5.41) is 4.84. The van der Waals surface area contributed by atoms with E-state index in [-0.39, 0.29) is 11.9 Å². The van der Waals surface area contributed by atoms with Crippen LogP contribution >= 0.6 is 11.6 Å². The Balaban J connectivity index is 1.79. The molecule has 1 amide bonds. The third-order valence-corrected chi connectivity index (χ3v) is 5.26. The van der Waals surface area contributed by atoms with Crippen molar-refractivity contribution in [2.75, 3.05) is 20.6 Å². The molecular formula is C21H24ClN3O. The average Bonchev–Trinajstić information content (AvgIpc) is 2.90. The van der Waals surface area contributed by atoms with Crippen LogP contribution in [-0.2, 0) is 0 Å². The predicted octanol–water partition coefficient (Wildman–Crippen LogP) is 4.47. The van der Waals surface area contributed by atoms with E-state index in [9.17, 15) is 4.79 Å². The largest absolute Gasteiger partial charge is 0.358 e. The third kappa shape index (κ3) is 3.62. The van der Waals surface area contributed by atoms with Gasteiger partial charge in [-0.25, -0.2) is 0 Å². The van der Waals surface area contributed by atoms with Crippen LogP contribution in [0.4, 0.5) is 0 Å². The van der Waals surface area contributed by atoms with E-state index < -0.39 is 0 Å². The third-order valence-electron chi connectivity index (χ3n) is 4.91. The Morgan fingerprint density at radius 1 is 1.19 bits per heavy atom. The van der Waals surface area contributed by atoms with E-state index >= 15 is 0 Å². The molecule has 136 valence electrons. The number of aryl methyl sites for hydroxylation is 2. The number of halogens is 1. The van der Waals surface area contributed by atoms with E-state index in [1.165, 1.54) is 5.56 Å². The monoisotopic (exact) mass is 369 g/mol. The fourth-order valence-electron chi connectivity index (χ4n) is 3.21. The summed E-state index contributed by atoms with van der Waals surface area (Å²) in [5.41, 5.74) is 5.03. The zero-order chi connectivity index (χ0) is 18.8. The molecule has 5 heteroatoms. The number of carbonyl (C=O) groups is 1. The highest BCUT2D eigenvalue weighted by Crippen LogP contribution is 2.26. The number of nitrogens with zero attached hydrogens (tertiary/aromatic N) is 1. The molecule has 0 aliphatic heterocycles. The van der Waals surface area contributed by atoms with Gasteiger partial charge >= 0.3 is 0 Å². The van der Waals surface area contributed by atoms with Crippen molar-refractivity contribution in [3.63, 3.8) is 0 Å². The van der Waals surface area contributed by atoms with Crippen LogP contribution in [0.5, 0.6) is 0 Å². The standard InChI is InChI=1S/C21H24ClN3O/c1-13-14(2)24-19-10-9-15(11-17(13)19)21(26)23-12-20(25(3)4)16-7-5-6-8-18(16)22/h5-11,20,24H,12H2,1-4H3,(H,23,26). The Morgan fingerprint density at radius 2 is 1.92 bits per heavy atom. The molecule has 2 aromatic carbocycles. The highest BCUT2D eigenvalue weighted by molar-refractivity contribution is 6.31. The van der Waals surface area contributed by atoms with Gasteiger partial charge in [0.05, 0.1) is 6.04 Å². The van der Waals surface area contributed by atoms with Gasteiger partial charge in [0.1, 0.15) is 0 Å². The number of likely N-dealkylation sites (N-methyl/N-ethyl adjacent to an activating group) is 1. The fourth-order valence-corrected chi connectivity index (χ4v) is 3.47. The molecule has 1 aromatic heterocycles. The second kappa shape index (κ2) is 7.52. The highest BCUT2D eigenvalue weighted by atomic mass is 35.5. The normalized spacial score (nSPS) is 12.5. The molecule has 3 aromatic rings. The Morgan fingerprint density at radius 3 is 2.62 bits per heavy atom. The zero-order valence-corrected chi connectivity index (χ0v) is 16.3. The summed E-state index contributed by atoms with van der Waals surface area (Å²) >= 11 is 6.34. The van der Waals surface area contributed by atoms with E-state index in [1.54, 1.807) is 0 Å². The lowest BCUT2D eigenvalue weighted by molar-refractivity contribution is 0.0942. The number of rotatable bonds is 5. The van der Waals surface area contributed by atoms with Crippen molar-refractivity contribution in [3.8, 4) is 0 Å². The highest BCUT2D eigenvalue weighted by Gasteiger charge is 2.18. The van der Waals surface area contributed by atoms with Crippen LogP contribution in [0, 0.1) is 13.8 Å². The Kier molecular flexibility index (Phi) is 5.35. The first-order valence-corrected chi connectivity index (χ1v) is 9.04. The van der Waals surface area contributed by atoms with Crippen molar-refractivity contribution >= 4 is 28.4 Å². The maximum absolute atomic E-state index is 12.7. The van der Waals surface area contributed by atoms with E-state index in [4.69, 9.17) is 11.6 Å². The van der Waals surface area contributed by atoms with Crippen molar-refractivity contribution in [1.82, 2.24) is 15.2 Å². The van der Waals surface area contributed by atoms with Crippen LogP contribution in [0.25, 0.3) is 10.9 Å². The molecule has 1 atom stereocenters. The molecule has 4 nitrogen and oxygen atoms in total. The number of amides is 1. The molecule has 3 rings (SSSR count). The molecule has 0 aliphatic carbocycles. The molecule has 0 spiro atoms. The smallest absolute Gasteiger partial charge is 0.251 e. The van der Waals surface area contributed by atoms with Gasteiger partial charge in [0.2, 0.25) is 0 Å². The molecule has 0 fully saturated rings. The summed E-state index contributed by atoms with van der Waals surface area (Å²) < 4.78 is 0. The minimum Gasteiger partial charge on any atom is -0.358 e. The molecule has 0 radical (unpaired) electrons. The van der Waals surface area contributed by atoms with Gasteiger partial charge in [-0.2, -0.15) is 0 Å². The van der Waals surface area contributed by atoms with Gasteiger partial charge in [0, 0.05) is 33.7 Å². The lowest BCUT2D eigenvalue weighted by atomic mass is 10.1. The van der Waals surface area contributed by atoms with Crippen molar-refractivity contribution in [3.05, 3.63) is 69.9 Å². The Bertz CT molecular complexity index is 946. The number of hydrogen-bond acceptors (Lipinski definition) is 2. The van der Waals surface area contributed by atoms with Crippen molar-refractivity contribution in [2.45, 2.75) is 19.9 Å². The molecule has 1 heterocycles. The van der Waals surface area contributed by atoms with Gasteiger partial charge in [0.15, 0.2) is 0 Å². The molecule has 0 saturated heterocycles. The number of carbonyl (C=O) groups excluding carboxylic acids is 1. The lowest BCUT2D eigenvalue weighted by Crippen LogP contribution is -2.34. The Labute approximate surface area is 159 Å². The van der Waals surface area contributed by atoms with Gasteiger partial charge in [0.25, 0.3) is 5.91 Å². The van der Waals surface area contributed by atoms with Gasteiger partial charge in [-0.05, 0) is 63.3 Å². The number of nitrogens with one attached hydrogen (secondary N) is 2. The number of aromatic nitrogens is 1. The van der Waals surface area contributed by atoms with Crippen LogP contribution in [0.3, 0.4) is 0 Å². The molecule has 2 N–H and O–H groups in total. The number of H-pyrrole nitrogens is 1. The van der Waals surface area contributed by atoms with E-state index in [2.05, 4.69) is 22.1 Å². The summed E-state index contributed by atoms with van der Waals surface area (Å²) in [5.74, 6) is -0.0796. The molecule has 0 saturated carbocycles. The van der Waals surface area contributed by atoms with Crippen molar-refractivity contribution in [1.29, 1.82) is 0 Å². The van der Waals surface area contributed by atoms with Crippen molar-refractivity contribution < 1.29 is 4.79 Å². The topological polar surface area (TPSA) is 48.1 Å². The molecular weight excluding hydrogens is 346 g/mol. The molecule has 0 aliphatic rings. The molecule has 1 unspecified atom stereocenters. The van der Waals surface area contributed by atoms with Gasteiger partial charge < -0.3 is 15.2 Å². The van der Waals surface area contributed by atoms with Crippen LogP contribution in [0.2, 0.25) is 5.02 Å². The Hall–Kier alpha value is -2.30. The van der Waals surface area contributed by atoms with E-state index in [0.29, 0.717) is 17.1 Å². The first kappa shape index (κ1) is 18.5. The van der Waals surface area contributed by atoms with Crippen molar-refractivity contribution in [2.24, 2.45) is 0 Å². The van der Waals surface area contributed by atoms with Gasteiger partial charge in [-0.1, -0.05) is 29.8 Å². The quantitative estimate of drug-likeness (QED) is 0.697. The lowest BCUT2D eigenvalue weighted by Gasteiger charge is -2.26. The van der Waals surface area contributed by atoms with Crippen LogP contribution in [0.1, 0.15) is 33.2 Å². The van der Waals surface area contributed by atoms with Crippen LogP contribution < -0.4 is 5.32 Å². The summed E-state index contributed by atoms with van der Waals surface area (Å²) in [4.78, 5) is 18.1. The van der Waals surface area contributed by atoms with Crippen LogP contribution in [0.15, 0.2) is 42.5 Å². The minimum atomic E-state index is -0.0796. The summed E-state index contributed by atoms with van der Waals surface area (Å²) in [6.07, 6.45) is 0. The number of fused-ring (bicyclic) bond motifs is 1. The van der Waals surface area contributed by atoms with Gasteiger partial charge in [-0.15, -0.1) is 0 Å². The number of hydrogen-bond donors (Lipinski definition) is 2. The van der Waals surface area contributed by atoms with Crippen LogP contribution in [-0.4, -0.2) is 36.4 Å². The first-order valence-electron chi connectivity index (χ1n) is 8.66.